The van der Waals surface area contributed by atoms with Gasteiger partial charge in [0.05, 0.1) is 11.4 Å². The van der Waals surface area contributed by atoms with Crippen molar-refractivity contribution < 1.29 is 8.42 Å². The molecule has 1 rings (SSSR count). The molecule has 0 spiro atoms. The molecule has 0 aromatic heterocycles. The zero-order valence-corrected chi connectivity index (χ0v) is 12.3. The smallest absolute Gasteiger partial charge is 0.301 e. The van der Waals surface area contributed by atoms with Gasteiger partial charge in [-0.15, -0.1) is 0 Å². The standard InChI is InChI=1S/C12H21N3O2S/c1-8(2)15(5)18(16,17)14-12-7-10(4)9(3)6-11(12)13/h6-8,14H,13H2,1-5H3. The van der Waals surface area contributed by atoms with E-state index in [1.165, 1.54) is 11.4 Å². The Morgan fingerprint density at radius 3 is 2.22 bits per heavy atom. The summed E-state index contributed by atoms with van der Waals surface area (Å²) in [6.07, 6.45) is 0. The van der Waals surface area contributed by atoms with Gasteiger partial charge in [0, 0.05) is 13.1 Å². The van der Waals surface area contributed by atoms with Gasteiger partial charge in [-0.1, -0.05) is 0 Å². The molecule has 0 bridgehead atoms. The summed E-state index contributed by atoms with van der Waals surface area (Å²) in [5.74, 6) is 0. The van der Waals surface area contributed by atoms with Crippen molar-refractivity contribution in [2.75, 3.05) is 17.5 Å². The van der Waals surface area contributed by atoms with E-state index in [1.807, 2.05) is 27.7 Å². The average Bonchev–Trinajstić information content (AvgIpc) is 2.24. The molecule has 3 N–H and O–H groups in total. The van der Waals surface area contributed by atoms with Gasteiger partial charge in [-0.05, 0) is 51.0 Å². The van der Waals surface area contributed by atoms with Crippen LogP contribution in [-0.2, 0) is 10.2 Å². The van der Waals surface area contributed by atoms with E-state index >= 15 is 0 Å². The molecular formula is C12H21N3O2S. The summed E-state index contributed by atoms with van der Waals surface area (Å²) >= 11 is 0. The molecule has 0 aliphatic carbocycles. The largest absolute Gasteiger partial charge is 0.397 e. The number of hydrogen-bond donors (Lipinski definition) is 2. The quantitative estimate of drug-likeness (QED) is 0.821. The van der Waals surface area contributed by atoms with Crippen molar-refractivity contribution in [3.05, 3.63) is 23.3 Å². The lowest BCUT2D eigenvalue weighted by atomic mass is 10.1. The predicted octanol–water partition coefficient (Wildman–Crippen LogP) is 1.88. The highest BCUT2D eigenvalue weighted by molar-refractivity contribution is 7.90. The Morgan fingerprint density at radius 1 is 1.22 bits per heavy atom. The van der Waals surface area contributed by atoms with Crippen molar-refractivity contribution in [2.24, 2.45) is 0 Å². The molecule has 0 amide bonds. The lowest BCUT2D eigenvalue weighted by Gasteiger charge is -2.22. The fourth-order valence-electron chi connectivity index (χ4n) is 1.42. The Labute approximate surface area is 109 Å². The third-order valence-electron chi connectivity index (χ3n) is 3.01. The number of nitrogen functional groups attached to an aromatic ring is 1. The summed E-state index contributed by atoms with van der Waals surface area (Å²) in [5, 5.41) is 0. The monoisotopic (exact) mass is 271 g/mol. The molecule has 6 heteroatoms. The summed E-state index contributed by atoms with van der Waals surface area (Å²) < 4.78 is 27.9. The second-order valence-electron chi connectivity index (χ2n) is 4.74. The summed E-state index contributed by atoms with van der Waals surface area (Å²) in [4.78, 5) is 0. The number of nitrogens with one attached hydrogen (secondary N) is 1. The van der Waals surface area contributed by atoms with Gasteiger partial charge in [-0.3, -0.25) is 4.72 Å². The predicted molar refractivity (Wildman–Crippen MR) is 75.8 cm³/mol. The molecule has 0 atom stereocenters. The summed E-state index contributed by atoms with van der Waals surface area (Å²) in [5.41, 5.74) is 8.71. The van der Waals surface area contributed by atoms with Crippen molar-refractivity contribution in [2.45, 2.75) is 33.7 Å². The number of rotatable bonds is 4. The normalized spacial score (nSPS) is 12.2. The number of benzene rings is 1. The minimum absolute atomic E-state index is 0.115. The van der Waals surface area contributed by atoms with Crippen LogP contribution < -0.4 is 10.5 Å². The van der Waals surface area contributed by atoms with Crippen LogP contribution in [0.1, 0.15) is 25.0 Å². The zero-order chi connectivity index (χ0) is 14.1. The van der Waals surface area contributed by atoms with Crippen molar-refractivity contribution in [1.29, 1.82) is 0 Å². The molecule has 0 unspecified atom stereocenters. The molecule has 0 heterocycles. The SMILES string of the molecule is Cc1cc(N)c(NS(=O)(=O)N(C)C(C)C)cc1C. The topological polar surface area (TPSA) is 75.4 Å². The highest BCUT2D eigenvalue weighted by Gasteiger charge is 2.21. The van der Waals surface area contributed by atoms with Gasteiger partial charge < -0.3 is 5.73 Å². The van der Waals surface area contributed by atoms with E-state index in [9.17, 15) is 8.42 Å². The number of aryl methyl sites for hydroxylation is 2. The van der Waals surface area contributed by atoms with Gasteiger partial charge in [0.2, 0.25) is 0 Å². The summed E-state index contributed by atoms with van der Waals surface area (Å²) in [7, 11) is -2.03. The first-order valence-electron chi connectivity index (χ1n) is 5.77. The molecular weight excluding hydrogens is 250 g/mol. The molecule has 102 valence electrons. The van der Waals surface area contributed by atoms with Crippen molar-refractivity contribution in [3.8, 4) is 0 Å². The molecule has 5 nitrogen and oxygen atoms in total. The lowest BCUT2D eigenvalue weighted by molar-refractivity contribution is 0.414. The third-order valence-corrected chi connectivity index (χ3v) is 4.67. The molecule has 0 aliphatic heterocycles. The van der Waals surface area contributed by atoms with Crippen molar-refractivity contribution in [1.82, 2.24) is 4.31 Å². The molecule has 0 saturated heterocycles. The third kappa shape index (κ3) is 3.14. The van der Waals surface area contributed by atoms with Crippen molar-refractivity contribution >= 4 is 21.6 Å². The van der Waals surface area contributed by atoms with Crippen LogP contribution in [0, 0.1) is 13.8 Å². The maximum absolute atomic E-state index is 12.0. The van der Waals surface area contributed by atoms with Gasteiger partial charge in [-0.25, -0.2) is 0 Å². The zero-order valence-electron chi connectivity index (χ0n) is 11.5. The first-order chi connectivity index (χ1) is 8.15. The maximum Gasteiger partial charge on any atom is 0.301 e. The van der Waals surface area contributed by atoms with Crippen LogP contribution in [0.15, 0.2) is 12.1 Å². The van der Waals surface area contributed by atoms with Gasteiger partial charge in [-0.2, -0.15) is 12.7 Å². The number of nitrogens with two attached hydrogens (primary N) is 1. The van der Waals surface area contributed by atoms with Crippen LogP contribution in [0.4, 0.5) is 11.4 Å². The Hall–Kier alpha value is -1.27. The number of nitrogens with zero attached hydrogens (tertiary/aromatic N) is 1. The van der Waals surface area contributed by atoms with E-state index in [4.69, 9.17) is 5.73 Å². The first-order valence-corrected chi connectivity index (χ1v) is 7.21. The molecule has 18 heavy (non-hydrogen) atoms. The fraction of sp³-hybridized carbons (Fsp3) is 0.500. The van der Waals surface area contributed by atoms with E-state index in [-0.39, 0.29) is 6.04 Å². The van der Waals surface area contributed by atoms with Gasteiger partial charge >= 0.3 is 10.2 Å². The number of hydrogen-bond acceptors (Lipinski definition) is 3. The van der Waals surface area contributed by atoms with Gasteiger partial charge in [0.25, 0.3) is 0 Å². The Bertz CT molecular complexity index is 538. The van der Waals surface area contributed by atoms with E-state index in [2.05, 4.69) is 4.72 Å². The summed E-state index contributed by atoms with van der Waals surface area (Å²) in [6.45, 7) is 7.47. The fourth-order valence-corrected chi connectivity index (χ4v) is 2.57. The first kappa shape index (κ1) is 14.8. The van der Waals surface area contributed by atoms with E-state index in [0.717, 1.165) is 11.1 Å². The molecule has 0 fully saturated rings. The lowest BCUT2D eigenvalue weighted by Crippen LogP contribution is -2.37. The maximum atomic E-state index is 12.0. The van der Waals surface area contributed by atoms with Crippen LogP contribution in [0.3, 0.4) is 0 Å². The number of anilines is 2. The van der Waals surface area contributed by atoms with E-state index in [0.29, 0.717) is 11.4 Å². The molecule has 0 radical (unpaired) electrons. The van der Waals surface area contributed by atoms with Crippen LogP contribution in [0.25, 0.3) is 0 Å². The Balaban J connectivity index is 3.09. The molecule has 0 aliphatic rings. The molecule has 1 aromatic rings. The minimum atomic E-state index is -3.56. The molecule has 0 saturated carbocycles. The second-order valence-corrected chi connectivity index (χ2v) is 6.47. The van der Waals surface area contributed by atoms with Crippen LogP contribution in [-0.4, -0.2) is 25.8 Å². The minimum Gasteiger partial charge on any atom is -0.397 e. The summed E-state index contributed by atoms with van der Waals surface area (Å²) in [6, 6.07) is 3.40. The van der Waals surface area contributed by atoms with Gasteiger partial charge in [0.1, 0.15) is 0 Å². The van der Waals surface area contributed by atoms with Crippen LogP contribution >= 0.6 is 0 Å². The van der Waals surface area contributed by atoms with Gasteiger partial charge in [0.15, 0.2) is 0 Å². The highest BCUT2D eigenvalue weighted by Crippen LogP contribution is 2.24. The van der Waals surface area contributed by atoms with Crippen LogP contribution in [0.5, 0.6) is 0 Å². The Morgan fingerprint density at radius 2 is 1.72 bits per heavy atom. The second kappa shape index (κ2) is 5.16. The Kier molecular flexibility index (Phi) is 4.24. The highest BCUT2D eigenvalue weighted by atomic mass is 32.2. The van der Waals surface area contributed by atoms with E-state index < -0.39 is 10.2 Å². The average molecular weight is 271 g/mol. The van der Waals surface area contributed by atoms with E-state index in [1.54, 1.807) is 12.1 Å². The van der Waals surface area contributed by atoms with Crippen LogP contribution in [0.2, 0.25) is 0 Å². The molecule has 1 aromatic carbocycles. The van der Waals surface area contributed by atoms with Crippen molar-refractivity contribution in [3.63, 3.8) is 0 Å².